The highest BCUT2D eigenvalue weighted by Crippen LogP contribution is 2.29. The van der Waals surface area contributed by atoms with Gasteiger partial charge < -0.3 is 4.74 Å². The van der Waals surface area contributed by atoms with E-state index in [0.29, 0.717) is 11.4 Å². The van der Waals surface area contributed by atoms with Crippen molar-refractivity contribution in [3.05, 3.63) is 59.2 Å². The highest BCUT2D eigenvalue weighted by atomic mass is 19.1. The molecule has 1 aromatic carbocycles. The molecule has 5 heteroatoms. The van der Waals surface area contributed by atoms with E-state index in [1.54, 1.807) is 31.5 Å². The minimum Gasteiger partial charge on any atom is -0.495 e. The summed E-state index contributed by atoms with van der Waals surface area (Å²) in [6, 6.07) is 7.72. The van der Waals surface area contributed by atoms with Crippen molar-refractivity contribution in [1.82, 2.24) is 10.4 Å². The summed E-state index contributed by atoms with van der Waals surface area (Å²) in [5, 5.41) is 0. The van der Waals surface area contributed by atoms with E-state index in [1.165, 1.54) is 12.1 Å². The number of nitrogens with one attached hydrogen (secondary N) is 1. The van der Waals surface area contributed by atoms with Crippen molar-refractivity contribution in [3.63, 3.8) is 0 Å². The van der Waals surface area contributed by atoms with E-state index in [-0.39, 0.29) is 5.82 Å². The van der Waals surface area contributed by atoms with E-state index < -0.39 is 6.04 Å². The maximum absolute atomic E-state index is 13.4. The molecule has 0 bridgehead atoms. The van der Waals surface area contributed by atoms with Gasteiger partial charge in [-0.3, -0.25) is 10.8 Å². The number of rotatable bonds is 4. The lowest BCUT2D eigenvalue weighted by molar-refractivity contribution is 0.400. The zero-order valence-electron chi connectivity index (χ0n) is 10.9. The molecule has 19 heavy (non-hydrogen) atoms. The van der Waals surface area contributed by atoms with Gasteiger partial charge in [-0.15, -0.1) is 0 Å². The Bertz CT molecular complexity index is 574. The molecule has 3 N–H and O–H groups in total. The summed E-state index contributed by atoms with van der Waals surface area (Å²) in [6.07, 6.45) is 1.65. The van der Waals surface area contributed by atoms with Gasteiger partial charge in [0.05, 0.1) is 13.2 Å². The molecule has 0 radical (unpaired) electrons. The van der Waals surface area contributed by atoms with Gasteiger partial charge in [0.25, 0.3) is 0 Å². The highest BCUT2D eigenvalue weighted by molar-refractivity contribution is 5.40. The molecule has 0 saturated carbocycles. The topological polar surface area (TPSA) is 60.2 Å². The van der Waals surface area contributed by atoms with Gasteiger partial charge in [0.15, 0.2) is 0 Å². The number of pyridine rings is 1. The molecule has 1 atom stereocenters. The van der Waals surface area contributed by atoms with Crippen LogP contribution in [-0.4, -0.2) is 12.1 Å². The molecule has 0 amide bonds. The molecule has 1 aromatic heterocycles. The Morgan fingerprint density at radius 3 is 2.84 bits per heavy atom. The molecule has 0 saturated heterocycles. The fraction of sp³-hybridized carbons (Fsp3) is 0.214. The number of hydrogen-bond donors (Lipinski definition) is 2. The number of nitrogens with two attached hydrogens (primary N) is 1. The van der Waals surface area contributed by atoms with E-state index in [9.17, 15) is 4.39 Å². The number of nitrogens with zero attached hydrogens (tertiary/aromatic N) is 1. The molecule has 2 aromatic rings. The fourth-order valence-electron chi connectivity index (χ4n) is 2.03. The van der Waals surface area contributed by atoms with E-state index >= 15 is 0 Å². The molecule has 2 rings (SSSR count). The van der Waals surface area contributed by atoms with Crippen LogP contribution in [0.25, 0.3) is 0 Å². The Labute approximate surface area is 111 Å². The predicted octanol–water partition coefficient (Wildman–Crippen LogP) is 2.09. The van der Waals surface area contributed by atoms with Gasteiger partial charge in [-0.25, -0.2) is 9.82 Å². The highest BCUT2D eigenvalue weighted by Gasteiger charge is 2.20. The molecule has 0 aliphatic heterocycles. The van der Waals surface area contributed by atoms with Crippen LogP contribution in [0.4, 0.5) is 4.39 Å². The SMILES string of the molecule is COc1cccnc1C(NN)c1cc(F)ccc1C. The zero-order valence-corrected chi connectivity index (χ0v) is 10.9. The maximum Gasteiger partial charge on any atom is 0.142 e. The molecule has 0 spiro atoms. The quantitative estimate of drug-likeness (QED) is 0.653. The lowest BCUT2D eigenvalue weighted by Gasteiger charge is -2.20. The molecule has 0 fully saturated rings. The normalized spacial score (nSPS) is 12.2. The fourth-order valence-corrected chi connectivity index (χ4v) is 2.03. The van der Waals surface area contributed by atoms with Crippen LogP contribution in [0, 0.1) is 12.7 Å². The van der Waals surface area contributed by atoms with Crippen molar-refractivity contribution in [2.75, 3.05) is 7.11 Å². The van der Waals surface area contributed by atoms with Crippen LogP contribution in [0.5, 0.6) is 5.75 Å². The summed E-state index contributed by atoms with van der Waals surface area (Å²) in [5.74, 6) is 5.91. The summed E-state index contributed by atoms with van der Waals surface area (Å²) in [4.78, 5) is 4.28. The molecule has 1 unspecified atom stereocenters. The van der Waals surface area contributed by atoms with Crippen molar-refractivity contribution in [3.8, 4) is 5.75 Å². The Morgan fingerprint density at radius 2 is 2.16 bits per heavy atom. The smallest absolute Gasteiger partial charge is 0.142 e. The number of ether oxygens (including phenoxy) is 1. The minimum absolute atomic E-state index is 0.309. The lowest BCUT2D eigenvalue weighted by atomic mass is 9.98. The largest absolute Gasteiger partial charge is 0.495 e. The van der Waals surface area contributed by atoms with Gasteiger partial charge in [0.2, 0.25) is 0 Å². The third kappa shape index (κ3) is 2.72. The third-order valence-electron chi connectivity index (χ3n) is 3.01. The summed E-state index contributed by atoms with van der Waals surface area (Å²) >= 11 is 0. The van der Waals surface area contributed by atoms with Crippen molar-refractivity contribution >= 4 is 0 Å². The molecule has 100 valence electrons. The van der Waals surface area contributed by atoms with Gasteiger partial charge in [-0.2, -0.15) is 0 Å². The number of halogens is 1. The van der Waals surface area contributed by atoms with Crippen molar-refractivity contribution in [2.45, 2.75) is 13.0 Å². The number of methoxy groups -OCH3 is 1. The van der Waals surface area contributed by atoms with Crippen LogP contribution >= 0.6 is 0 Å². The predicted molar refractivity (Wildman–Crippen MR) is 71.1 cm³/mol. The molecule has 0 aliphatic carbocycles. The molecular weight excluding hydrogens is 245 g/mol. The molecule has 0 aliphatic rings. The number of benzene rings is 1. The average Bonchev–Trinajstić information content (AvgIpc) is 2.44. The second kappa shape index (κ2) is 5.77. The van der Waals surface area contributed by atoms with Gasteiger partial charge in [0, 0.05) is 6.20 Å². The van der Waals surface area contributed by atoms with Crippen LogP contribution in [0.15, 0.2) is 36.5 Å². The summed E-state index contributed by atoms with van der Waals surface area (Å²) < 4.78 is 18.7. The first-order valence-electron chi connectivity index (χ1n) is 5.88. The first-order chi connectivity index (χ1) is 9.17. The van der Waals surface area contributed by atoms with Gasteiger partial charge in [-0.1, -0.05) is 6.07 Å². The number of aryl methyl sites for hydroxylation is 1. The Balaban J connectivity index is 2.53. The monoisotopic (exact) mass is 261 g/mol. The van der Waals surface area contributed by atoms with Gasteiger partial charge in [0.1, 0.15) is 17.3 Å². The second-order valence-electron chi connectivity index (χ2n) is 4.19. The van der Waals surface area contributed by atoms with E-state index in [0.717, 1.165) is 11.1 Å². The zero-order chi connectivity index (χ0) is 13.8. The van der Waals surface area contributed by atoms with Crippen LogP contribution in [0.1, 0.15) is 22.9 Å². The van der Waals surface area contributed by atoms with Crippen LogP contribution in [-0.2, 0) is 0 Å². The molecule has 4 nitrogen and oxygen atoms in total. The number of hydrogen-bond acceptors (Lipinski definition) is 4. The lowest BCUT2D eigenvalue weighted by Crippen LogP contribution is -2.30. The van der Waals surface area contributed by atoms with E-state index in [2.05, 4.69) is 10.4 Å². The van der Waals surface area contributed by atoms with E-state index in [4.69, 9.17) is 10.6 Å². The van der Waals surface area contributed by atoms with Gasteiger partial charge in [-0.05, 0) is 42.3 Å². The third-order valence-corrected chi connectivity index (χ3v) is 3.01. The summed E-state index contributed by atoms with van der Waals surface area (Å²) in [5.41, 5.74) is 4.96. The first-order valence-corrected chi connectivity index (χ1v) is 5.88. The Kier molecular flexibility index (Phi) is 4.09. The van der Waals surface area contributed by atoms with E-state index in [1.807, 2.05) is 6.92 Å². The van der Waals surface area contributed by atoms with Crippen molar-refractivity contribution in [1.29, 1.82) is 0 Å². The van der Waals surface area contributed by atoms with Crippen LogP contribution in [0.2, 0.25) is 0 Å². The van der Waals surface area contributed by atoms with Crippen molar-refractivity contribution < 1.29 is 9.13 Å². The number of hydrazine groups is 1. The molecular formula is C14H16FN3O. The summed E-state index contributed by atoms with van der Waals surface area (Å²) in [7, 11) is 1.56. The van der Waals surface area contributed by atoms with Gasteiger partial charge >= 0.3 is 0 Å². The average molecular weight is 261 g/mol. The maximum atomic E-state index is 13.4. The minimum atomic E-state index is -0.424. The van der Waals surface area contributed by atoms with Crippen LogP contribution < -0.4 is 16.0 Å². The standard InChI is InChI=1S/C14H16FN3O/c1-9-5-6-10(15)8-11(9)13(18-16)14-12(19-2)4-3-7-17-14/h3-8,13,18H,16H2,1-2H3. The summed E-state index contributed by atoms with van der Waals surface area (Å²) in [6.45, 7) is 1.90. The Hall–Kier alpha value is -1.98. The van der Waals surface area contributed by atoms with Crippen LogP contribution in [0.3, 0.4) is 0 Å². The second-order valence-corrected chi connectivity index (χ2v) is 4.19. The van der Waals surface area contributed by atoms with Crippen molar-refractivity contribution in [2.24, 2.45) is 5.84 Å². The molecule has 1 heterocycles. The first kappa shape index (κ1) is 13.5. The number of aromatic nitrogens is 1. The Morgan fingerprint density at radius 1 is 1.37 bits per heavy atom.